The molecule has 0 spiro atoms. The fourth-order valence-electron chi connectivity index (χ4n) is 3.63. The van der Waals surface area contributed by atoms with Crippen LogP contribution in [0.2, 0.25) is 0 Å². The second kappa shape index (κ2) is 7.64. The van der Waals surface area contributed by atoms with Crippen molar-refractivity contribution in [3.05, 3.63) is 47.4 Å². The van der Waals surface area contributed by atoms with Gasteiger partial charge in [0.15, 0.2) is 11.5 Å². The molecule has 2 aromatic rings. The number of benzene rings is 1. The van der Waals surface area contributed by atoms with Gasteiger partial charge in [0.2, 0.25) is 12.7 Å². The smallest absolute Gasteiger partial charge is 0.326 e. The van der Waals surface area contributed by atoms with E-state index in [0.29, 0.717) is 11.6 Å². The number of aromatic nitrogens is 2. The molecule has 0 bridgehead atoms. The summed E-state index contributed by atoms with van der Waals surface area (Å²) >= 11 is 0. The van der Waals surface area contributed by atoms with Crippen molar-refractivity contribution < 1.29 is 19.1 Å². The first-order chi connectivity index (χ1) is 14.6. The second-order valence-electron chi connectivity index (χ2n) is 7.20. The summed E-state index contributed by atoms with van der Waals surface area (Å²) < 4.78 is 10.8. The highest BCUT2D eigenvalue weighted by molar-refractivity contribution is 6.13. The molecular weight excluding hydrogens is 388 g/mol. The highest BCUT2D eigenvalue weighted by Crippen LogP contribution is 2.32. The van der Waals surface area contributed by atoms with E-state index in [4.69, 9.17) is 9.47 Å². The summed E-state index contributed by atoms with van der Waals surface area (Å²) in [5.74, 6) is 1.75. The predicted octanol–water partition coefficient (Wildman–Crippen LogP) is 0.708. The van der Waals surface area contributed by atoms with E-state index in [1.807, 2.05) is 12.1 Å². The molecule has 0 radical (unpaired) electrons. The third kappa shape index (κ3) is 3.77. The molecule has 3 aliphatic heterocycles. The molecule has 3 aliphatic rings. The Bertz CT molecular complexity index is 1030. The van der Waals surface area contributed by atoms with Crippen molar-refractivity contribution in [3.63, 3.8) is 0 Å². The molecule has 0 saturated carbocycles. The molecule has 0 atom stereocenters. The molecule has 154 valence electrons. The van der Waals surface area contributed by atoms with Crippen LogP contribution in [0, 0.1) is 0 Å². The minimum absolute atomic E-state index is 0.179. The van der Waals surface area contributed by atoms with E-state index in [2.05, 4.69) is 36.5 Å². The van der Waals surface area contributed by atoms with E-state index in [0.717, 1.165) is 44.2 Å². The minimum Gasteiger partial charge on any atom is -0.454 e. The number of nitrogens with one attached hydrogen (secondary N) is 2. The van der Waals surface area contributed by atoms with Crippen molar-refractivity contribution in [2.45, 2.75) is 6.54 Å². The van der Waals surface area contributed by atoms with Crippen LogP contribution in [0.5, 0.6) is 11.5 Å². The van der Waals surface area contributed by atoms with Crippen LogP contribution in [0.3, 0.4) is 0 Å². The third-order valence-electron chi connectivity index (χ3n) is 5.17. The molecular formula is C20H20N6O4. The average Bonchev–Trinajstić information content (AvgIpc) is 3.34. The van der Waals surface area contributed by atoms with Gasteiger partial charge in [-0.1, -0.05) is 6.07 Å². The molecule has 10 heteroatoms. The SMILES string of the molecule is O=C1NC(=O)/C(=C/c2ccnc(N3CCN(Cc4ccc5c(c4)OCO5)CC3)n2)N1. The second-order valence-corrected chi connectivity index (χ2v) is 7.20. The zero-order valence-corrected chi connectivity index (χ0v) is 16.1. The number of hydrogen-bond donors (Lipinski definition) is 2. The van der Waals surface area contributed by atoms with Crippen LogP contribution in [-0.4, -0.2) is 59.8 Å². The maximum atomic E-state index is 11.7. The lowest BCUT2D eigenvalue weighted by Crippen LogP contribution is -2.46. The first kappa shape index (κ1) is 18.4. The number of urea groups is 1. The molecule has 3 amide bonds. The van der Waals surface area contributed by atoms with Gasteiger partial charge in [0.05, 0.1) is 5.69 Å². The van der Waals surface area contributed by atoms with Crippen LogP contribution < -0.4 is 25.0 Å². The van der Waals surface area contributed by atoms with E-state index in [1.165, 1.54) is 5.56 Å². The van der Waals surface area contributed by atoms with Gasteiger partial charge in [-0.3, -0.25) is 15.0 Å². The summed E-state index contributed by atoms with van der Waals surface area (Å²) in [6.45, 7) is 4.46. The monoisotopic (exact) mass is 408 g/mol. The van der Waals surface area contributed by atoms with E-state index >= 15 is 0 Å². The lowest BCUT2D eigenvalue weighted by molar-refractivity contribution is -0.115. The van der Waals surface area contributed by atoms with Gasteiger partial charge in [0, 0.05) is 38.9 Å². The van der Waals surface area contributed by atoms with Crippen LogP contribution in [-0.2, 0) is 11.3 Å². The predicted molar refractivity (Wildman–Crippen MR) is 107 cm³/mol. The van der Waals surface area contributed by atoms with E-state index in [9.17, 15) is 9.59 Å². The van der Waals surface area contributed by atoms with Gasteiger partial charge < -0.3 is 19.7 Å². The Labute approximate surface area is 172 Å². The van der Waals surface area contributed by atoms with Gasteiger partial charge in [-0.2, -0.15) is 0 Å². The Kier molecular flexibility index (Phi) is 4.68. The number of nitrogens with zero attached hydrogens (tertiary/aromatic N) is 4. The van der Waals surface area contributed by atoms with Crippen LogP contribution in [0.15, 0.2) is 36.2 Å². The summed E-state index contributed by atoms with van der Waals surface area (Å²) in [5, 5.41) is 4.63. The number of imide groups is 1. The number of fused-ring (bicyclic) bond motifs is 1. The zero-order chi connectivity index (χ0) is 20.5. The highest BCUT2D eigenvalue weighted by atomic mass is 16.7. The summed E-state index contributed by atoms with van der Waals surface area (Å²) in [6, 6.07) is 7.22. The Hall–Kier alpha value is -3.66. The number of hydrogen-bond acceptors (Lipinski definition) is 8. The lowest BCUT2D eigenvalue weighted by atomic mass is 10.1. The first-order valence-corrected chi connectivity index (χ1v) is 9.67. The van der Waals surface area contributed by atoms with Crippen LogP contribution in [0.4, 0.5) is 10.7 Å². The summed E-state index contributed by atoms with van der Waals surface area (Å²) in [7, 11) is 0. The number of carbonyl (C=O) groups is 2. The van der Waals surface area contributed by atoms with Gasteiger partial charge in [-0.15, -0.1) is 0 Å². The molecule has 2 fully saturated rings. The third-order valence-corrected chi connectivity index (χ3v) is 5.17. The number of amides is 3. The van der Waals surface area contributed by atoms with Gasteiger partial charge in [-0.05, 0) is 29.8 Å². The quantitative estimate of drug-likeness (QED) is 0.562. The van der Waals surface area contributed by atoms with Crippen molar-refractivity contribution in [1.29, 1.82) is 0 Å². The molecule has 1 aromatic heterocycles. The number of piperazine rings is 1. The number of rotatable bonds is 4. The zero-order valence-electron chi connectivity index (χ0n) is 16.1. The molecule has 0 unspecified atom stereocenters. The van der Waals surface area contributed by atoms with Crippen molar-refractivity contribution in [2.75, 3.05) is 37.9 Å². The maximum absolute atomic E-state index is 11.7. The molecule has 2 N–H and O–H groups in total. The van der Waals surface area contributed by atoms with Gasteiger partial charge in [0.1, 0.15) is 5.70 Å². The fraction of sp³-hybridized carbons (Fsp3) is 0.300. The van der Waals surface area contributed by atoms with Crippen molar-refractivity contribution in [3.8, 4) is 11.5 Å². The standard InChI is InChI=1S/C20H20N6O4/c27-18-15(23-20(28)24-18)10-14-3-4-21-19(22-14)26-7-5-25(6-8-26)11-13-1-2-16-17(9-13)30-12-29-16/h1-4,9-10H,5-8,11-12H2,(H2,23,24,27,28)/b15-10-. The molecule has 2 saturated heterocycles. The average molecular weight is 408 g/mol. The van der Waals surface area contributed by atoms with Gasteiger partial charge >= 0.3 is 6.03 Å². The molecule has 30 heavy (non-hydrogen) atoms. The highest BCUT2D eigenvalue weighted by Gasteiger charge is 2.24. The summed E-state index contributed by atoms with van der Waals surface area (Å²) in [4.78, 5) is 36.3. The maximum Gasteiger partial charge on any atom is 0.326 e. The van der Waals surface area contributed by atoms with Crippen molar-refractivity contribution in [1.82, 2.24) is 25.5 Å². The van der Waals surface area contributed by atoms with Gasteiger partial charge in [0.25, 0.3) is 5.91 Å². The first-order valence-electron chi connectivity index (χ1n) is 9.67. The van der Waals surface area contributed by atoms with Crippen LogP contribution in [0.1, 0.15) is 11.3 Å². The van der Waals surface area contributed by atoms with Crippen molar-refractivity contribution in [2.24, 2.45) is 0 Å². The van der Waals surface area contributed by atoms with Crippen LogP contribution in [0.25, 0.3) is 6.08 Å². The van der Waals surface area contributed by atoms with E-state index in [-0.39, 0.29) is 12.5 Å². The Morgan fingerprint density at radius 3 is 2.67 bits per heavy atom. The van der Waals surface area contributed by atoms with Crippen LogP contribution >= 0.6 is 0 Å². The number of anilines is 1. The fourth-order valence-corrected chi connectivity index (χ4v) is 3.63. The molecule has 5 rings (SSSR count). The van der Waals surface area contributed by atoms with Gasteiger partial charge in [-0.25, -0.2) is 14.8 Å². The minimum atomic E-state index is -0.529. The Balaban J connectivity index is 1.21. The summed E-state index contributed by atoms with van der Waals surface area (Å²) in [6.07, 6.45) is 3.20. The topological polar surface area (TPSA) is 109 Å². The number of ether oxygens (including phenoxy) is 2. The number of carbonyl (C=O) groups excluding carboxylic acids is 2. The molecule has 1 aromatic carbocycles. The van der Waals surface area contributed by atoms with E-state index < -0.39 is 11.9 Å². The van der Waals surface area contributed by atoms with Crippen molar-refractivity contribution >= 4 is 24.0 Å². The lowest BCUT2D eigenvalue weighted by Gasteiger charge is -2.34. The Morgan fingerprint density at radius 1 is 1.03 bits per heavy atom. The normalized spacial score (nSPS) is 19.9. The molecule has 10 nitrogen and oxygen atoms in total. The Morgan fingerprint density at radius 2 is 1.87 bits per heavy atom. The summed E-state index contributed by atoms with van der Waals surface area (Å²) in [5.41, 5.74) is 1.93. The van der Waals surface area contributed by atoms with E-state index in [1.54, 1.807) is 18.3 Å². The largest absolute Gasteiger partial charge is 0.454 e. The molecule has 0 aliphatic carbocycles. The molecule has 4 heterocycles.